The topological polar surface area (TPSA) is 79.5 Å². The van der Waals surface area contributed by atoms with Crippen LogP contribution >= 0.6 is 11.9 Å². The van der Waals surface area contributed by atoms with Crippen LogP contribution in [0.25, 0.3) is 10.9 Å². The van der Waals surface area contributed by atoms with Crippen molar-refractivity contribution in [2.45, 2.75) is 17.0 Å². The van der Waals surface area contributed by atoms with Gasteiger partial charge in [-0.05, 0) is 59.5 Å². The van der Waals surface area contributed by atoms with Gasteiger partial charge in [-0.25, -0.2) is 0 Å². The van der Waals surface area contributed by atoms with Crippen LogP contribution in [0.2, 0.25) is 0 Å². The number of amides is 1. The molecule has 2 heterocycles. The van der Waals surface area contributed by atoms with Gasteiger partial charge in [0, 0.05) is 22.0 Å². The molecule has 0 saturated heterocycles. The number of carbonyl (C=O) groups is 1. The van der Waals surface area contributed by atoms with Crippen LogP contribution in [-0.4, -0.2) is 16.0 Å². The van der Waals surface area contributed by atoms with E-state index in [0.29, 0.717) is 23.4 Å². The number of hydrogen-bond acceptors (Lipinski definition) is 5. The normalized spacial score (nSPS) is 18.1. The summed E-state index contributed by atoms with van der Waals surface area (Å²) in [5.74, 6) is -0.358. The van der Waals surface area contributed by atoms with Crippen molar-refractivity contribution in [2.75, 3.05) is 4.90 Å². The Balaban J connectivity index is 1.57. The molecule has 3 aromatic carbocycles. The number of nitrogens with two attached hydrogens (primary N) is 1. The molecule has 0 fully saturated rings. The maximum atomic E-state index is 13.5. The molecule has 5 rings (SSSR count). The molecule has 1 unspecified atom stereocenters. The van der Waals surface area contributed by atoms with Gasteiger partial charge in [0.15, 0.2) is 5.60 Å². The summed E-state index contributed by atoms with van der Waals surface area (Å²) in [5, 5.41) is 18.3. The summed E-state index contributed by atoms with van der Waals surface area (Å²) in [4.78, 5) is 20.4. The molecule has 1 aliphatic rings. The van der Waals surface area contributed by atoms with Gasteiger partial charge in [0.1, 0.15) is 0 Å². The highest BCUT2D eigenvalue weighted by atomic mass is 32.2. The highest BCUT2D eigenvalue weighted by molar-refractivity contribution is 7.97. The Morgan fingerprint density at radius 2 is 1.80 bits per heavy atom. The number of anilines is 1. The Hall–Kier alpha value is -3.19. The number of fused-ring (bicyclic) bond motifs is 2. The zero-order chi connectivity index (χ0) is 20.7. The van der Waals surface area contributed by atoms with Gasteiger partial charge in [0.2, 0.25) is 0 Å². The Bertz CT molecular complexity index is 1260. The Morgan fingerprint density at radius 3 is 2.60 bits per heavy atom. The lowest BCUT2D eigenvalue weighted by molar-refractivity contribution is -0.132. The summed E-state index contributed by atoms with van der Waals surface area (Å²) in [5.41, 5.74) is 1.98. The summed E-state index contributed by atoms with van der Waals surface area (Å²) in [6, 6.07) is 24.4. The van der Waals surface area contributed by atoms with E-state index in [4.69, 9.17) is 5.14 Å². The van der Waals surface area contributed by atoms with E-state index in [1.54, 1.807) is 23.2 Å². The Labute approximate surface area is 178 Å². The minimum atomic E-state index is -1.73. The van der Waals surface area contributed by atoms with Crippen molar-refractivity contribution in [2.24, 2.45) is 5.14 Å². The molecule has 1 aromatic heterocycles. The fourth-order valence-corrected chi connectivity index (χ4v) is 4.34. The molecule has 0 saturated carbocycles. The first-order valence-electron chi connectivity index (χ1n) is 9.56. The van der Waals surface area contributed by atoms with E-state index in [-0.39, 0.29) is 5.91 Å². The fourth-order valence-electron chi connectivity index (χ4n) is 4.05. The van der Waals surface area contributed by atoms with Crippen LogP contribution in [0.4, 0.5) is 5.69 Å². The molecule has 6 heteroatoms. The number of pyridine rings is 1. The number of para-hydroxylation sites is 1. The minimum absolute atomic E-state index is 0.358. The lowest BCUT2D eigenvalue weighted by Gasteiger charge is -2.24. The number of rotatable bonds is 4. The standard InChI is InChI=1S/C24H19N3O2S/c25-30-19-10-8-18(9-11-19)24(29)20-5-1-2-6-22(20)27(23(24)28)15-16-7-12-21-17(14-16)4-3-13-26-21/h1-14,29H,15,25H2. The average molecular weight is 414 g/mol. The first-order valence-corrected chi connectivity index (χ1v) is 10.4. The van der Waals surface area contributed by atoms with E-state index in [0.717, 1.165) is 33.3 Å². The summed E-state index contributed by atoms with van der Waals surface area (Å²) in [6.45, 7) is 0.361. The molecule has 30 heavy (non-hydrogen) atoms. The molecule has 0 bridgehead atoms. The lowest BCUT2D eigenvalue weighted by atomic mass is 9.87. The smallest absolute Gasteiger partial charge is 0.268 e. The van der Waals surface area contributed by atoms with Gasteiger partial charge in [-0.2, -0.15) is 0 Å². The quantitative estimate of drug-likeness (QED) is 0.495. The highest BCUT2D eigenvalue weighted by Gasteiger charge is 2.50. The third kappa shape index (κ3) is 2.89. The SMILES string of the molecule is NSc1ccc(C2(O)C(=O)N(Cc3ccc4ncccc4c3)c3ccccc32)cc1. The summed E-state index contributed by atoms with van der Waals surface area (Å²) < 4.78 is 0. The second kappa shape index (κ2) is 7.25. The summed E-state index contributed by atoms with van der Waals surface area (Å²) >= 11 is 1.13. The monoisotopic (exact) mass is 413 g/mol. The van der Waals surface area contributed by atoms with Gasteiger partial charge in [-0.15, -0.1) is 0 Å². The average Bonchev–Trinajstić information content (AvgIpc) is 3.02. The number of aliphatic hydroxyl groups is 1. The van der Waals surface area contributed by atoms with Crippen LogP contribution in [-0.2, 0) is 16.9 Å². The van der Waals surface area contributed by atoms with Gasteiger partial charge in [-0.1, -0.05) is 42.5 Å². The van der Waals surface area contributed by atoms with E-state index in [1.807, 2.05) is 66.7 Å². The number of carbonyl (C=O) groups excluding carboxylic acids is 1. The van der Waals surface area contributed by atoms with Gasteiger partial charge in [0.05, 0.1) is 17.7 Å². The highest BCUT2D eigenvalue weighted by Crippen LogP contribution is 2.45. The number of benzene rings is 3. The van der Waals surface area contributed by atoms with Crippen LogP contribution in [0, 0.1) is 0 Å². The van der Waals surface area contributed by atoms with Crippen molar-refractivity contribution in [1.29, 1.82) is 0 Å². The molecular weight excluding hydrogens is 394 g/mol. The second-order valence-electron chi connectivity index (χ2n) is 7.29. The van der Waals surface area contributed by atoms with Gasteiger partial charge in [-0.3, -0.25) is 14.9 Å². The van der Waals surface area contributed by atoms with Crippen LogP contribution in [0.5, 0.6) is 0 Å². The predicted molar refractivity (Wildman–Crippen MR) is 119 cm³/mol. The summed E-state index contributed by atoms with van der Waals surface area (Å²) in [7, 11) is 0. The molecule has 0 radical (unpaired) electrons. The van der Waals surface area contributed by atoms with E-state index in [2.05, 4.69) is 4.98 Å². The van der Waals surface area contributed by atoms with Crippen molar-refractivity contribution >= 4 is 34.4 Å². The number of nitrogens with zero attached hydrogens (tertiary/aromatic N) is 2. The lowest BCUT2D eigenvalue weighted by Crippen LogP contribution is -2.40. The molecule has 1 atom stereocenters. The van der Waals surface area contributed by atoms with Gasteiger partial charge in [0.25, 0.3) is 5.91 Å². The van der Waals surface area contributed by atoms with E-state index >= 15 is 0 Å². The maximum Gasteiger partial charge on any atom is 0.268 e. The fraction of sp³-hybridized carbons (Fsp3) is 0.0833. The molecule has 148 valence electrons. The molecule has 5 nitrogen and oxygen atoms in total. The van der Waals surface area contributed by atoms with Crippen LogP contribution in [0.3, 0.4) is 0 Å². The van der Waals surface area contributed by atoms with Crippen molar-refractivity contribution in [3.05, 3.63) is 102 Å². The molecule has 0 spiro atoms. The largest absolute Gasteiger partial charge is 0.372 e. The van der Waals surface area contributed by atoms with Gasteiger partial charge >= 0.3 is 0 Å². The first kappa shape index (κ1) is 18.8. The van der Waals surface area contributed by atoms with Crippen molar-refractivity contribution in [3.63, 3.8) is 0 Å². The molecule has 1 aliphatic heterocycles. The second-order valence-corrected chi connectivity index (χ2v) is 8.00. The van der Waals surface area contributed by atoms with Crippen molar-refractivity contribution in [1.82, 2.24) is 4.98 Å². The Kier molecular flexibility index (Phi) is 4.55. The zero-order valence-electron chi connectivity index (χ0n) is 16.0. The van der Waals surface area contributed by atoms with Crippen molar-refractivity contribution in [3.8, 4) is 0 Å². The molecule has 3 N–H and O–H groups in total. The molecule has 1 amide bonds. The first-order chi connectivity index (χ1) is 14.6. The number of aromatic nitrogens is 1. The minimum Gasteiger partial charge on any atom is -0.372 e. The van der Waals surface area contributed by atoms with E-state index in [1.165, 1.54) is 0 Å². The molecule has 0 aliphatic carbocycles. The molecular formula is C24H19N3O2S. The zero-order valence-corrected chi connectivity index (χ0v) is 16.8. The van der Waals surface area contributed by atoms with Crippen molar-refractivity contribution < 1.29 is 9.90 Å². The maximum absolute atomic E-state index is 13.5. The number of hydrogen-bond donors (Lipinski definition) is 2. The third-order valence-electron chi connectivity index (χ3n) is 5.56. The van der Waals surface area contributed by atoms with Gasteiger partial charge < -0.3 is 10.0 Å². The van der Waals surface area contributed by atoms with E-state index in [9.17, 15) is 9.90 Å². The van der Waals surface area contributed by atoms with E-state index < -0.39 is 5.60 Å². The Morgan fingerprint density at radius 1 is 1.00 bits per heavy atom. The summed E-state index contributed by atoms with van der Waals surface area (Å²) in [6.07, 6.45) is 1.76. The third-order valence-corrected chi connectivity index (χ3v) is 6.10. The van der Waals surface area contributed by atoms with Crippen LogP contribution < -0.4 is 10.0 Å². The van der Waals surface area contributed by atoms with Crippen LogP contribution in [0.15, 0.2) is 90.0 Å². The van der Waals surface area contributed by atoms with Crippen LogP contribution in [0.1, 0.15) is 16.7 Å². The predicted octanol–water partition coefficient (Wildman–Crippen LogP) is 3.98. The molecule has 4 aromatic rings.